The molecule has 1 aromatic carbocycles. The predicted octanol–water partition coefficient (Wildman–Crippen LogP) is 4.46. The molecule has 2 aromatic heterocycles. The number of rotatable bonds is 6. The van der Waals surface area contributed by atoms with E-state index in [1.165, 1.54) is 5.56 Å². The van der Waals surface area contributed by atoms with Gasteiger partial charge in [0.1, 0.15) is 5.69 Å². The molecule has 0 spiro atoms. The molecule has 3 rings (SSSR count). The number of nitrogens with zero attached hydrogens (tertiary/aromatic N) is 3. The Morgan fingerprint density at radius 3 is 2.56 bits per heavy atom. The number of hydrogen-bond donors (Lipinski definition) is 1. The van der Waals surface area contributed by atoms with Crippen molar-refractivity contribution >= 4 is 17.5 Å². The summed E-state index contributed by atoms with van der Waals surface area (Å²) >= 11 is 6.24. The molecule has 0 aliphatic carbocycles. The minimum absolute atomic E-state index is 0.213. The van der Waals surface area contributed by atoms with E-state index in [4.69, 9.17) is 11.6 Å². The van der Waals surface area contributed by atoms with Crippen molar-refractivity contribution < 1.29 is 4.79 Å². The summed E-state index contributed by atoms with van der Waals surface area (Å²) in [5.41, 5.74) is 3.26. The Balaban J connectivity index is 1.78. The maximum Gasteiger partial charge on any atom is 0.271 e. The molecule has 0 saturated carbocycles. The van der Waals surface area contributed by atoms with Crippen LogP contribution in [0.1, 0.15) is 46.7 Å². The summed E-state index contributed by atoms with van der Waals surface area (Å²) in [7, 11) is 0. The highest BCUT2D eigenvalue weighted by molar-refractivity contribution is 6.33. The first kappa shape index (κ1) is 19.1. The van der Waals surface area contributed by atoms with Crippen LogP contribution in [0.5, 0.6) is 0 Å². The average molecular weight is 383 g/mol. The van der Waals surface area contributed by atoms with Gasteiger partial charge in [-0.05, 0) is 44.0 Å². The van der Waals surface area contributed by atoms with Gasteiger partial charge < -0.3 is 5.32 Å². The molecule has 6 heteroatoms. The number of pyridine rings is 1. The Kier molecular flexibility index (Phi) is 5.91. The van der Waals surface area contributed by atoms with Gasteiger partial charge in [0.2, 0.25) is 0 Å². The fraction of sp³-hybridized carbons (Fsp3) is 0.286. The van der Waals surface area contributed by atoms with E-state index in [9.17, 15) is 4.79 Å². The van der Waals surface area contributed by atoms with Gasteiger partial charge in [0.25, 0.3) is 5.91 Å². The number of amides is 1. The normalized spacial score (nSPS) is 12.0. The van der Waals surface area contributed by atoms with Gasteiger partial charge in [-0.1, -0.05) is 48.9 Å². The van der Waals surface area contributed by atoms with Gasteiger partial charge in [-0.25, -0.2) is 9.67 Å². The van der Waals surface area contributed by atoms with Crippen molar-refractivity contribution in [3.63, 3.8) is 0 Å². The molecule has 1 amide bonds. The second kappa shape index (κ2) is 8.35. The minimum atomic E-state index is -0.280. The summed E-state index contributed by atoms with van der Waals surface area (Å²) in [6, 6.07) is 15.6. The third-order valence-electron chi connectivity index (χ3n) is 4.55. The molecular formula is C21H23ClN4O. The maximum absolute atomic E-state index is 12.7. The van der Waals surface area contributed by atoms with Crippen LogP contribution in [-0.2, 0) is 0 Å². The summed E-state index contributed by atoms with van der Waals surface area (Å²) in [5.74, 6) is 0.538. The number of carbonyl (C=O) groups excluding carboxylic acids is 1. The van der Waals surface area contributed by atoms with Crippen molar-refractivity contribution in [3.8, 4) is 5.82 Å². The van der Waals surface area contributed by atoms with Crippen molar-refractivity contribution in [1.82, 2.24) is 20.1 Å². The molecule has 0 bridgehead atoms. The van der Waals surface area contributed by atoms with Gasteiger partial charge in [-0.15, -0.1) is 0 Å². The molecule has 1 atom stereocenters. The highest BCUT2D eigenvalue weighted by atomic mass is 35.5. The number of aryl methyl sites for hydroxylation is 2. The van der Waals surface area contributed by atoms with Crippen LogP contribution in [-0.4, -0.2) is 27.2 Å². The maximum atomic E-state index is 12.7. The molecule has 0 aliphatic heterocycles. The fourth-order valence-corrected chi connectivity index (χ4v) is 3.28. The molecule has 0 saturated heterocycles. The summed E-state index contributed by atoms with van der Waals surface area (Å²) in [6.45, 7) is 6.50. The number of hydrogen-bond acceptors (Lipinski definition) is 3. The van der Waals surface area contributed by atoms with Crippen molar-refractivity contribution in [3.05, 3.63) is 76.2 Å². The molecular weight excluding hydrogens is 360 g/mol. The molecule has 27 heavy (non-hydrogen) atoms. The van der Waals surface area contributed by atoms with E-state index in [0.717, 1.165) is 17.8 Å². The molecule has 0 radical (unpaired) electrons. The summed E-state index contributed by atoms with van der Waals surface area (Å²) in [4.78, 5) is 17.2. The zero-order valence-corrected chi connectivity index (χ0v) is 16.5. The topological polar surface area (TPSA) is 59.8 Å². The van der Waals surface area contributed by atoms with Crippen LogP contribution in [0.3, 0.4) is 0 Å². The van der Waals surface area contributed by atoms with Gasteiger partial charge in [0.05, 0.1) is 10.7 Å². The zero-order chi connectivity index (χ0) is 19.4. The van der Waals surface area contributed by atoms with E-state index in [-0.39, 0.29) is 17.5 Å². The highest BCUT2D eigenvalue weighted by Gasteiger charge is 2.17. The standard InChI is InChI=1S/C21H23ClN4O/c1-4-16(17-8-6-5-7-9-17)13-23-21(27)20-18(22)10-11-19(24-20)26-15(3)12-14(2)25-26/h5-12,16H,4,13H2,1-3H3,(H,23,27). The van der Waals surface area contributed by atoms with Gasteiger partial charge in [0, 0.05) is 18.2 Å². The largest absolute Gasteiger partial charge is 0.350 e. The first-order valence-corrected chi connectivity index (χ1v) is 9.40. The van der Waals surface area contributed by atoms with Gasteiger partial charge in [-0.2, -0.15) is 5.10 Å². The van der Waals surface area contributed by atoms with Crippen LogP contribution in [0.4, 0.5) is 0 Å². The number of carbonyl (C=O) groups is 1. The number of nitrogens with one attached hydrogen (secondary N) is 1. The molecule has 1 N–H and O–H groups in total. The Bertz CT molecular complexity index is 937. The second-order valence-electron chi connectivity index (χ2n) is 6.56. The fourth-order valence-electron chi connectivity index (χ4n) is 3.09. The van der Waals surface area contributed by atoms with Gasteiger partial charge in [0.15, 0.2) is 5.82 Å². The van der Waals surface area contributed by atoms with E-state index in [1.54, 1.807) is 16.8 Å². The van der Waals surface area contributed by atoms with Crippen LogP contribution < -0.4 is 5.32 Å². The summed E-state index contributed by atoms with van der Waals surface area (Å²) in [5, 5.41) is 7.71. The Morgan fingerprint density at radius 2 is 1.93 bits per heavy atom. The Morgan fingerprint density at radius 1 is 1.19 bits per heavy atom. The Hall–Kier alpha value is -2.66. The highest BCUT2D eigenvalue weighted by Crippen LogP contribution is 2.20. The number of aromatic nitrogens is 3. The van der Waals surface area contributed by atoms with Gasteiger partial charge in [-0.3, -0.25) is 4.79 Å². The second-order valence-corrected chi connectivity index (χ2v) is 6.97. The first-order valence-electron chi connectivity index (χ1n) is 9.03. The van der Waals surface area contributed by atoms with Crippen LogP contribution >= 0.6 is 11.6 Å². The lowest BCUT2D eigenvalue weighted by molar-refractivity contribution is 0.0946. The summed E-state index contributed by atoms with van der Waals surface area (Å²) < 4.78 is 1.71. The van der Waals surface area contributed by atoms with Crippen LogP contribution in [0.25, 0.3) is 5.82 Å². The minimum Gasteiger partial charge on any atom is -0.350 e. The number of benzene rings is 1. The average Bonchev–Trinajstić information content (AvgIpc) is 3.01. The van der Waals surface area contributed by atoms with Crippen molar-refractivity contribution in [1.29, 1.82) is 0 Å². The predicted molar refractivity (Wildman–Crippen MR) is 108 cm³/mol. The smallest absolute Gasteiger partial charge is 0.271 e. The van der Waals surface area contributed by atoms with Crippen molar-refractivity contribution in [2.75, 3.05) is 6.54 Å². The number of halogens is 1. The van der Waals surface area contributed by atoms with Gasteiger partial charge >= 0.3 is 0 Å². The first-order chi connectivity index (χ1) is 13.0. The van der Waals surface area contributed by atoms with E-state index < -0.39 is 0 Å². The third-order valence-corrected chi connectivity index (χ3v) is 4.85. The van der Waals surface area contributed by atoms with Crippen LogP contribution in [0.15, 0.2) is 48.5 Å². The van der Waals surface area contributed by atoms with E-state index in [1.807, 2.05) is 38.1 Å². The molecule has 0 fully saturated rings. The van der Waals surface area contributed by atoms with E-state index >= 15 is 0 Å². The lowest BCUT2D eigenvalue weighted by atomic mass is 9.96. The molecule has 0 aliphatic rings. The molecule has 2 heterocycles. The molecule has 3 aromatic rings. The summed E-state index contributed by atoms with van der Waals surface area (Å²) in [6.07, 6.45) is 0.928. The SMILES string of the molecule is CCC(CNC(=O)c1nc(-n2nc(C)cc2C)ccc1Cl)c1ccccc1. The van der Waals surface area contributed by atoms with Crippen LogP contribution in [0, 0.1) is 13.8 Å². The lowest BCUT2D eigenvalue weighted by Crippen LogP contribution is -2.29. The molecule has 140 valence electrons. The van der Waals surface area contributed by atoms with E-state index in [2.05, 4.69) is 34.5 Å². The zero-order valence-electron chi connectivity index (χ0n) is 15.7. The van der Waals surface area contributed by atoms with E-state index in [0.29, 0.717) is 17.4 Å². The van der Waals surface area contributed by atoms with Crippen molar-refractivity contribution in [2.45, 2.75) is 33.1 Å². The Labute approximate surface area is 164 Å². The third kappa shape index (κ3) is 4.37. The monoisotopic (exact) mass is 382 g/mol. The molecule has 1 unspecified atom stereocenters. The van der Waals surface area contributed by atoms with Crippen LogP contribution in [0.2, 0.25) is 5.02 Å². The molecule has 5 nitrogen and oxygen atoms in total. The lowest BCUT2D eigenvalue weighted by Gasteiger charge is -2.16. The quantitative estimate of drug-likeness (QED) is 0.684. The van der Waals surface area contributed by atoms with Crippen molar-refractivity contribution in [2.24, 2.45) is 0 Å².